The van der Waals surface area contributed by atoms with Gasteiger partial charge in [0.25, 0.3) is 0 Å². The van der Waals surface area contributed by atoms with Crippen LogP contribution in [0.25, 0.3) is 0 Å². The first-order chi connectivity index (χ1) is 6.92. The number of alkyl halides is 3. The second kappa shape index (κ2) is 4.63. The second-order valence-corrected chi connectivity index (χ2v) is 3.45. The van der Waals surface area contributed by atoms with Crippen molar-refractivity contribution in [1.82, 2.24) is 5.43 Å². The number of nitrogens with one attached hydrogen (secondary N) is 1. The van der Waals surface area contributed by atoms with Gasteiger partial charge in [-0.1, -0.05) is 29.8 Å². The van der Waals surface area contributed by atoms with Crippen LogP contribution in [0, 0.1) is 6.92 Å². The molecule has 0 saturated heterocycles. The van der Waals surface area contributed by atoms with Gasteiger partial charge in [-0.25, -0.2) is 0 Å². The number of hydrazine groups is 1. The lowest BCUT2D eigenvalue weighted by Gasteiger charge is -2.18. The summed E-state index contributed by atoms with van der Waals surface area (Å²) in [5, 5.41) is 0. The molecule has 0 amide bonds. The highest BCUT2D eigenvalue weighted by atomic mass is 19.4. The molecule has 0 saturated carbocycles. The van der Waals surface area contributed by atoms with Crippen molar-refractivity contribution in [2.24, 2.45) is 5.84 Å². The van der Waals surface area contributed by atoms with Crippen LogP contribution in [0.1, 0.15) is 23.6 Å². The highest BCUT2D eigenvalue weighted by Gasteiger charge is 2.32. The molecule has 5 heteroatoms. The van der Waals surface area contributed by atoms with E-state index in [2.05, 4.69) is 5.43 Å². The first-order valence-electron chi connectivity index (χ1n) is 4.52. The van der Waals surface area contributed by atoms with E-state index in [9.17, 15) is 13.2 Å². The molecule has 3 N–H and O–H groups in total. The van der Waals surface area contributed by atoms with E-state index in [-0.39, 0.29) is 0 Å². The van der Waals surface area contributed by atoms with Crippen molar-refractivity contribution in [2.75, 3.05) is 0 Å². The quantitative estimate of drug-likeness (QED) is 0.604. The summed E-state index contributed by atoms with van der Waals surface area (Å²) in [6, 6.07) is 5.93. The van der Waals surface area contributed by atoms with Crippen LogP contribution >= 0.6 is 0 Å². The Morgan fingerprint density at radius 3 is 2.20 bits per heavy atom. The Hall–Kier alpha value is -1.07. The third-order valence-electron chi connectivity index (χ3n) is 2.12. The van der Waals surface area contributed by atoms with Crippen LogP contribution in [-0.2, 0) is 0 Å². The molecule has 1 atom stereocenters. The lowest BCUT2D eigenvalue weighted by atomic mass is 10.0. The molecule has 0 aliphatic carbocycles. The summed E-state index contributed by atoms with van der Waals surface area (Å²) < 4.78 is 36.5. The summed E-state index contributed by atoms with van der Waals surface area (Å²) in [5.74, 6) is 5.10. The van der Waals surface area contributed by atoms with Gasteiger partial charge in [-0.3, -0.25) is 11.3 Å². The zero-order valence-electron chi connectivity index (χ0n) is 8.31. The molecule has 2 nitrogen and oxygen atoms in total. The fourth-order valence-electron chi connectivity index (χ4n) is 1.30. The summed E-state index contributed by atoms with van der Waals surface area (Å²) in [7, 11) is 0. The van der Waals surface area contributed by atoms with Gasteiger partial charge in [-0.15, -0.1) is 0 Å². The topological polar surface area (TPSA) is 38.0 Å². The maximum atomic E-state index is 12.2. The third kappa shape index (κ3) is 3.89. The standard InChI is InChI=1S/C10H13F3N2/c1-7-2-4-8(5-3-7)9(15-14)6-10(11,12)13/h2-5,9,15H,6,14H2,1H3. The van der Waals surface area contributed by atoms with Crippen molar-refractivity contribution in [1.29, 1.82) is 0 Å². The van der Waals surface area contributed by atoms with Gasteiger partial charge in [0.15, 0.2) is 0 Å². The van der Waals surface area contributed by atoms with E-state index >= 15 is 0 Å². The van der Waals surface area contributed by atoms with Crippen LogP contribution < -0.4 is 11.3 Å². The average Bonchev–Trinajstić information content (AvgIpc) is 2.14. The fourth-order valence-corrected chi connectivity index (χ4v) is 1.30. The number of halogens is 3. The first-order valence-corrected chi connectivity index (χ1v) is 4.52. The molecule has 84 valence electrons. The number of nitrogens with two attached hydrogens (primary N) is 1. The summed E-state index contributed by atoms with van der Waals surface area (Å²) in [6.07, 6.45) is -5.19. The Labute approximate surface area is 86.2 Å². The molecule has 0 radical (unpaired) electrons. The summed E-state index contributed by atoms with van der Waals surface area (Å²) in [6.45, 7) is 1.87. The van der Waals surface area contributed by atoms with Gasteiger partial charge in [0, 0.05) is 0 Å². The molecule has 0 heterocycles. The van der Waals surface area contributed by atoms with Gasteiger partial charge in [0.2, 0.25) is 0 Å². The average molecular weight is 218 g/mol. The van der Waals surface area contributed by atoms with E-state index in [1.807, 2.05) is 6.92 Å². The molecule has 0 fully saturated rings. The molecule has 0 aliphatic heterocycles. The normalized spacial score (nSPS) is 13.9. The Bertz CT molecular complexity index is 305. The molecule has 15 heavy (non-hydrogen) atoms. The number of aryl methyl sites for hydroxylation is 1. The molecule has 1 rings (SSSR count). The summed E-state index contributed by atoms with van der Waals surface area (Å²) in [4.78, 5) is 0. The molecule has 0 aromatic heterocycles. The number of benzene rings is 1. The Balaban J connectivity index is 2.79. The van der Waals surface area contributed by atoms with Gasteiger partial charge >= 0.3 is 6.18 Å². The Kier molecular flexibility index (Phi) is 3.71. The van der Waals surface area contributed by atoms with E-state index in [0.717, 1.165) is 5.56 Å². The van der Waals surface area contributed by atoms with Crippen LogP contribution in [0.3, 0.4) is 0 Å². The third-order valence-corrected chi connectivity index (χ3v) is 2.12. The number of hydrogen-bond acceptors (Lipinski definition) is 2. The van der Waals surface area contributed by atoms with E-state index in [1.54, 1.807) is 24.3 Å². The minimum absolute atomic E-state index is 0.542. The monoisotopic (exact) mass is 218 g/mol. The van der Waals surface area contributed by atoms with Crippen LogP contribution in [-0.4, -0.2) is 6.18 Å². The summed E-state index contributed by atoms with van der Waals surface area (Å²) >= 11 is 0. The largest absolute Gasteiger partial charge is 0.390 e. The molecule has 0 bridgehead atoms. The van der Waals surface area contributed by atoms with Crippen LogP contribution in [0.5, 0.6) is 0 Å². The maximum Gasteiger partial charge on any atom is 0.390 e. The van der Waals surface area contributed by atoms with Gasteiger partial charge in [0.05, 0.1) is 12.5 Å². The van der Waals surface area contributed by atoms with Crippen LogP contribution in [0.15, 0.2) is 24.3 Å². The Morgan fingerprint density at radius 1 is 1.27 bits per heavy atom. The highest BCUT2D eigenvalue weighted by molar-refractivity contribution is 5.24. The van der Waals surface area contributed by atoms with Gasteiger partial charge in [0.1, 0.15) is 0 Å². The van der Waals surface area contributed by atoms with Crippen molar-refractivity contribution in [3.8, 4) is 0 Å². The van der Waals surface area contributed by atoms with Gasteiger partial charge < -0.3 is 0 Å². The van der Waals surface area contributed by atoms with Crippen LogP contribution in [0.2, 0.25) is 0 Å². The predicted octanol–water partition coefficient (Wildman–Crippen LogP) is 2.45. The van der Waals surface area contributed by atoms with Crippen LogP contribution in [0.4, 0.5) is 13.2 Å². The van der Waals surface area contributed by atoms with E-state index in [0.29, 0.717) is 5.56 Å². The molecule has 0 spiro atoms. The minimum atomic E-state index is -4.22. The number of rotatable bonds is 3. The fraction of sp³-hybridized carbons (Fsp3) is 0.400. The van der Waals surface area contributed by atoms with E-state index in [1.165, 1.54) is 0 Å². The molecule has 0 aliphatic rings. The molecule has 1 aromatic rings. The molecular weight excluding hydrogens is 205 g/mol. The highest BCUT2D eigenvalue weighted by Crippen LogP contribution is 2.28. The van der Waals surface area contributed by atoms with Crippen molar-refractivity contribution >= 4 is 0 Å². The predicted molar refractivity (Wildman–Crippen MR) is 51.9 cm³/mol. The summed E-state index contributed by atoms with van der Waals surface area (Å²) in [5.41, 5.74) is 3.72. The SMILES string of the molecule is Cc1ccc(C(CC(F)(F)F)NN)cc1. The van der Waals surface area contributed by atoms with Crippen molar-refractivity contribution < 1.29 is 13.2 Å². The van der Waals surface area contributed by atoms with E-state index in [4.69, 9.17) is 5.84 Å². The smallest absolute Gasteiger partial charge is 0.271 e. The first kappa shape index (κ1) is 12.0. The number of hydrogen-bond donors (Lipinski definition) is 2. The van der Waals surface area contributed by atoms with Gasteiger partial charge in [-0.05, 0) is 12.5 Å². The molecule has 1 aromatic carbocycles. The molecule has 1 unspecified atom stereocenters. The lowest BCUT2D eigenvalue weighted by Crippen LogP contribution is -2.31. The van der Waals surface area contributed by atoms with Crippen molar-refractivity contribution in [3.05, 3.63) is 35.4 Å². The lowest BCUT2D eigenvalue weighted by molar-refractivity contribution is -0.140. The molecular formula is C10H13F3N2. The Morgan fingerprint density at radius 2 is 1.80 bits per heavy atom. The zero-order chi connectivity index (χ0) is 11.5. The zero-order valence-corrected chi connectivity index (χ0v) is 8.31. The second-order valence-electron chi connectivity index (χ2n) is 3.45. The maximum absolute atomic E-state index is 12.2. The minimum Gasteiger partial charge on any atom is -0.271 e. The van der Waals surface area contributed by atoms with Gasteiger partial charge in [-0.2, -0.15) is 13.2 Å². The van der Waals surface area contributed by atoms with Crippen molar-refractivity contribution in [2.45, 2.75) is 25.6 Å². The van der Waals surface area contributed by atoms with Crippen molar-refractivity contribution in [3.63, 3.8) is 0 Å². The van der Waals surface area contributed by atoms with E-state index < -0.39 is 18.6 Å².